The van der Waals surface area contributed by atoms with Crippen molar-refractivity contribution in [3.05, 3.63) is 29.3 Å². The molecule has 0 unspecified atom stereocenters. The minimum atomic E-state index is -0.225. The Morgan fingerprint density at radius 3 is 2.71 bits per heavy atom. The number of carbonyl (C=O) groups excluding carboxylic acids is 1. The first-order valence-corrected chi connectivity index (χ1v) is 5.88. The summed E-state index contributed by atoms with van der Waals surface area (Å²) >= 11 is 0. The predicted octanol–water partition coefficient (Wildman–Crippen LogP) is 1.31. The Hall–Kier alpha value is -1.55. The molecule has 4 nitrogen and oxygen atoms in total. The van der Waals surface area contributed by atoms with Crippen LogP contribution in [0.4, 0.5) is 0 Å². The van der Waals surface area contributed by atoms with Gasteiger partial charge in [0.2, 0.25) is 0 Å². The van der Waals surface area contributed by atoms with Crippen molar-refractivity contribution in [3.8, 4) is 5.75 Å². The molecule has 0 atom stereocenters. The molecule has 1 aliphatic rings. The molecule has 0 heterocycles. The molecule has 0 saturated heterocycles. The van der Waals surface area contributed by atoms with Crippen LogP contribution in [0.15, 0.2) is 18.2 Å². The molecule has 1 saturated carbocycles. The molecule has 1 aromatic rings. The Bertz CT molecular complexity index is 434. The van der Waals surface area contributed by atoms with Gasteiger partial charge in [-0.05, 0) is 43.9 Å². The number of aromatic hydroxyl groups is 1. The Labute approximate surface area is 101 Å². The Kier molecular flexibility index (Phi) is 3.07. The number of benzene rings is 1. The molecule has 2 rings (SSSR count). The summed E-state index contributed by atoms with van der Waals surface area (Å²) in [6.07, 6.45) is 2.98. The average Bonchev–Trinajstić information content (AvgIpc) is 2.27. The van der Waals surface area contributed by atoms with Gasteiger partial charge in [0.25, 0.3) is 5.91 Å². The standard InChI is InChI=1S/C13H18N2O2/c1-9-3-4-10(7-11(9)16)12(17)15-13(8-14)5-2-6-13/h3-4,7,16H,2,5-6,8,14H2,1H3,(H,15,17). The van der Waals surface area contributed by atoms with Crippen LogP contribution in [0.3, 0.4) is 0 Å². The molecule has 1 aliphatic carbocycles. The second-order valence-electron chi connectivity index (χ2n) is 4.79. The maximum Gasteiger partial charge on any atom is 0.251 e. The van der Waals surface area contributed by atoms with E-state index in [1.54, 1.807) is 19.1 Å². The Morgan fingerprint density at radius 1 is 1.53 bits per heavy atom. The van der Waals surface area contributed by atoms with Crippen LogP contribution in [0.1, 0.15) is 35.2 Å². The van der Waals surface area contributed by atoms with Gasteiger partial charge in [0, 0.05) is 12.1 Å². The van der Waals surface area contributed by atoms with Gasteiger partial charge >= 0.3 is 0 Å². The fraction of sp³-hybridized carbons (Fsp3) is 0.462. The highest BCUT2D eigenvalue weighted by Crippen LogP contribution is 2.31. The van der Waals surface area contributed by atoms with Crippen LogP contribution in [0.5, 0.6) is 5.75 Å². The number of nitrogens with one attached hydrogen (secondary N) is 1. The number of hydrogen-bond acceptors (Lipinski definition) is 3. The number of hydrogen-bond donors (Lipinski definition) is 3. The predicted molar refractivity (Wildman–Crippen MR) is 65.9 cm³/mol. The van der Waals surface area contributed by atoms with E-state index in [1.807, 2.05) is 0 Å². The number of phenols is 1. The van der Waals surface area contributed by atoms with Gasteiger partial charge < -0.3 is 16.2 Å². The molecule has 0 aromatic heterocycles. The topological polar surface area (TPSA) is 75.4 Å². The van der Waals surface area contributed by atoms with Crippen molar-refractivity contribution in [1.29, 1.82) is 0 Å². The fourth-order valence-electron chi connectivity index (χ4n) is 2.05. The van der Waals surface area contributed by atoms with Crippen molar-refractivity contribution in [2.45, 2.75) is 31.7 Å². The minimum absolute atomic E-state index is 0.146. The molecular formula is C13H18N2O2. The average molecular weight is 234 g/mol. The zero-order valence-electron chi connectivity index (χ0n) is 9.99. The van der Waals surface area contributed by atoms with Gasteiger partial charge in [-0.3, -0.25) is 4.79 Å². The summed E-state index contributed by atoms with van der Waals surface area (Å²) in [6.45, 7) is 2.26. The quantitative estimate of drug-likeness (QED) is 0.738. The van der Waals surface area contributed by atoms with Crippen molar-refractivity contribution in [2.24, 2.45) is 5.73 Å². The summed E-state index contributed by atoms with van der Waals surface area (Å²) in [5.41, 5.74) is 6.70. The number of nitrogens with two attached hydrogens (primary N) is 1. The molecule has 0 spiro atoms. The van der Waals surface area contributed by atoms with Gasteiger partial charge in [-0.2, -0.15) is 0 Å². The monoisotopic (exact) mass is 234 g/mol. The first-order chi connectivity index (χ1) is 8.06. The third-order valence-electron chi connectivity index (χ3n) is 3.55. The van der Waals surface area contributed by atoms with Gasteiger partial charge in [-0.15, -0.1) is 0 Å². The van der Waals surface area contributed by atoms with Gasteiger partial charge in [0.05, 0.1) is 5.54 Å². The SMILES string of the molecule is Cc1ccc(C(=O)NC2(CN)CCC2)cc1O. The van der Waals surface area contributed by atoms with Crippen LogP contribution < -0.4 is 11.1 Å². The van der Waals surface area contributed by atoms with Crippen molar-refractivity contribution in [3.63, 3.8) is 0 Å². The highest BCUT2D eigenvalue weighted by Gasteiger charge is 2.37. The van der Waals surface area contributed by atoms with E-state index in [1.165, 1.54) is 6.07 Å². The molecule has 1 amide bonds. The number of carbonyl (C=O) groups is 1. The summed E-state index contributed by atoms with van der Waals surface area (Å²) in [5.74, 6) is -0.0153. The molecule has 0 aliphatic heterocycles. The number of aryl methyl sites for hydroxylation is 1. The lowest BCUT2D eigenvalue weighted by atomic mass is 9.76. The second-order valence-corrected chi connectivity index (χ2v) is 4.79. The van der Waals surface area contributed by atoms with E-state index in [2.05, 4.69) is 5.32 Å². The normalized spacial score (nSPS) is 17.3. The number of amides is 1. The van der Waals surface area contributed by atoms with E-state index in [-0.39, 0.29) is 17.2 Å². The summed E-state index contributed by atoms with van der Waals surface area (Å²) in [6, 6.07) is 4.95. The van der Waals surface area contributed by atoms with E-state index >= 15 is 0 Å². The van der Waals surface area contributed by atoms with E-state index in [9.17, 15) is 9.90 Å². The lowest BCUT2D eigenvalue weighted by Gasteiger charge is -2.41. The Morgan fingerprint density at radius 2 is 2.24 bits per heavy atom. The molecule has 1 fully saturated rings. The molecule has 17 heavy (non-hydrogen) atoms. The fourth-order valence-corrected chi connectivity index (χ4v) is 2.05. The van der Waals surface area contributed by atoms with E-state index < -0.39 is 0 Å². The first-order valence-electron chi connectivity index (χ1n) is 5.88. The van der Waals surface area contributed by atoms with Crippen molar-refractivity contribution in [2.75, 3.05) is 6.54 Å². The molecule has 0 bridgehead atoms. The molecule has 1 aromatic carbocycles. The van der Waals surface area contributed by atoms with Crippen LogP contribution in [0.2, 0.25) is 0 Å². The van der Waals surface area contributed by atoms with Crippen LogP contribution in [0.25, 0.3) is 0 Å². The smallest absolute Gasteiger partial charge is 0.251 e. The molecule has 4 heteroatoms. The Balaban J connectivity index is 2.11. The lowest BCUT2D eigenvalue weighted by Crippen LogP contribution is -2.58. The summed E-state index contributed by atoms with van der Waals surface area (Å²) < 4.78 is 0. The lowest BCUT2D eigenvalue weighted by molar-refractivity contribution is 0.0837. The zero-order valence-corrected chi connectivity index (χ0v) is 9.99. The van der Waals surface area contributed by atoms with Crippen molar-refractivity contribution < 1.29 is 9.90 Å². The van der Waals surface area contributed by atoms with Gasteiger partial charge in [0.15, 0.2) is 0 Å². The van der Waals surface area contributed by atoms with Crippen LogP contribution in [0, 0.1) is 6.92 Å². The van der Waals surface area contributed by atoms with Crippen LogP contribution in [-0.2, 0) is 0 Å². The number of rotatable bonds is 3. The van der Waals surface area contributed by atoms with Gasteiger partial charge in [-0.25, -0.2) is 0 Å². The highest BCUT2D eigenvalue weighted by molar-refractivity contribution is 5.95. The van der Waals surface area contributed by atoms with Crippen LogP contribution in [-0.4, -0.2) is 23.1 Å². The number of phenolic OH excluding ortho intramolecular Hbond substituents is 1. The molecule has 92 valence electrons. The van der Waals surface area contributed by atoms with Gasteiger partial charge in [-0.1, -0.05) is 6.07 Å². The minimum Gasteiger partial charge on any atom is -0.508 e. The third-order valence-corrected chi connectivity index (χ3v) is 3.55. The zero-order chi connectivity index (χ0) is 12.5. The summed E-state index contributed by atoms with van der Waals surface area (Å²) in [5, 5.41) is 12.5. The largest absolute Gasteiger partial charge is 0.508 e. The van der Waals surface area contributed by atoms with Crippen molar-refractivity contribution in [1.82, 2.24) is 5.32 Å². The van der Waals surface area contributed by atoms with E-state index in [0.717, 1.165) is 24.8 Å². The van der Waals surface area contributed by atoms with E-state index in [0.29, 0.717) is 12.1 Å². The molecule has 0 radical (unpaired) electrons. The first kappa shape index (κ1) is 11.9. The van der Waals surface area contributed by atoms with Gasteiger partial charge in [0.1, 0.15) is 5.75 Å². The van der Waals surface area contributed by atoms with Crippen LogP contribution >= 0.6 is 0 Å². The third kappa shape index (κ3) is 2.26. The van der Waals surface area contributed by atoms with E-state index in [4.69, 9.17) is 5.73 Å². The summed E-state index contributed by atoms with van der Waals surface area (Å²) in [7, 11) is 0. The molecular weight excluding hydrogens is 216 g/mol. The second kappa shape index (κ2) is 4.37. The molecule has 4 N–H and O–H groups in total. The maximum atomic E-state index is 12.0. The maximum absolute atomic E-state index is 12.0. The summed E-state index contributed by atoms with van der Waals surface area (Å²) in [4.78, 5) is 12.0. The highest BCUT2D eigenvalue weighted by atomic mass is 16.3. The van der Waals surface area contributed by atoms with Crippen molar-refractivity contribution >= 4 is 5.91 Å².